The van der Waals surface area contributed by atoms with Gasteiger partial charge in [-0.15, -0.1) is 0 Å². The lowest BCUT2D eigenvalue weighted by molar-refractivity contribution is -0.143. The summed E-state index contributed by atoms with van der Waals surface area (Å²) in [5, 5.41) is 2.19. The number of methoxy groups -OCH3 is 2. The van der Waals surface area contributed by atoms with Crippen molar-refractivity contribution in [1.29, 1.82) is 0 Å². The van der Waals surface area contributed by atoms with Crippen LogP contribution >= 0.6 is 0 Å². The van der Waals surface area contributed by atoms with Crippen LogP contribution in [0.25, 0.3) is 10.8 Å². The normalized spacial score (nSPS) is 24.4. The highest BCUT2D eigenvalue weighted by Crippen LogP contribution is 2.54. The molecule has 0 aliphatic heterocycles. The summed E-state index contributed by atoms with van der Waals surface area (Å²) in [7, 11) is 3.00. The molecule has 1 aliphatic carbocycles. The van der Waals surface area contributed by atoms with Crippen LogP contribution in [0.1, 0.15) is 17.9 Å². The van der Waals surface area contributed by atoms with E-state index in [1.165, 1.54) is 7.11 Å². The fourth-order valence-corrected chi connectivity index (χ4v) is 2.87. The Morgan fingerprint density at radius 1 is 1.25 bits per heavy atom. The molecule has 1 saturated carbocycles. The monoisotopic (exact) mass is 271 g/mol. The average Bonchev–Trinajstić information content (AvgIpc) is 3.18. The molecule has 2 atom stereocenters. The third kappa shape index (κ3) is 1.76. The predicted octanol–water partition coefficient (Wildman–Crippen LogP) is 2.21. The Balaban J connectivity index is 2.14. The number of fused-ring (bicyclic) bond motifs is 1. The zero-order chi connectivity index (χ0) is 14.3. The van der Waals surface area contributed by atoms with Crippen molar-refractivity contribution in [2.45, 2.75) is 17.9 Å². The molecule has 4 heteroatoms. The largest absolute Gasteiger partial charge is 0.496 e. The first-order valence-electron chi connectivity index (χ1n) is 6.54. The number of nitrogens with two attached hydrogens (primary N) is 1. The Hall–Kier alpha value is -2.07. The van der Waals surface area contributed by atoms with Gasteiger partial charge in [-0.2, -0.15) is 0 Å². The molecule has 0 heterocycles. The van der Waals surface area contributed by atoms with Crippen LogP contribution in [0.2, 0.25) is 0 Å². The lowest BCUT2D eigenvalue weighted by atomic mass is 9.97. The van der Waals surface area contributed by atoms with E-state index in [1.807, 2.05) is 36.4 Å². The highest BCUT2D eigenvalue weighted by atomic mass is 16.5. The first kappa shape index (κ1) is 12.9. The van der Waals surface area contributed by atoms with Crippen molar-refractivity contribution < 1.29 is 14.3 Å². The Morgan fingerprint density at radius 2 is 2.00 bits per heavy atom. The Labute approximate surface area is 117 Å². The maximum atomic E-state index is 11.8. The molecule has 0 radical (unpaired) electrons. The van der Waals surface area contributed by atoms with Crippen molar-refractivity contribution in [2.75, 3.05) is 14.2 Å². The number of hydrogen-bond donors (Lipinski definition) is 1. The van der Waals surface area contributed by atoms with Gasteiger partial charge in [-0.25, -0.2) is 0 Å². The van der Waals surface area contributed by atoms with E-state index in [0.29, 0.717) is 6.42 Å². The van der Waals surface area contributed by atoms with Gasteiger partial charge in [0, 0.05) is 11.5 Å². The number of ether oxygens (including phenoxy) is 2. The van der Waals surface area contributed by atoms with Gasteiger partial charge in [0.25, 0.3) is 0 Å². The predicted molar refractivity (Wildman–Crippen MR) is 76.8 cm³/mol. The molecule has 0 saturated heterocycles. The fraction of sp³-hybridized carbons (Fsp3) is 0.312. The maximum Gasteiger partial charge on any atom is 0.326 e. The van der Waals surface area contributed by atoms with Crippen LogP contribution in [0, 0.1) is 0 Å². The highest BCUT2D eigenvalue weighted by molar-refractivity contribution is 5.93. The average molecular weight is 271 g/mol. The van der Waals surface area contributed by atoms with Crippen molar-refractivity contribution in [3.63, 3.8) is 0 Å². The second-order valence-electron chi connectivity index (χ2n) is 5.19. The maximum absolute atomic E-state index is 11.8. The van der Waals surface area contributed by atoms with E-state index in [9.17, 15) is 4.79 Å². The van der Waals surface area contributed by atoms with Crippen LogP contribution in [0.3, 0.4) is 0 Å². The molecule has 1 aliphatic rings. The van der Waals surface area contributed by atoms with Gasteiger partial charge in [0.15, 0.2) is 0 Å². The van der Waals surface area contributed by atoms with Gasteiger partial charge in [0.05, 0.1) is 14.2 Å². The summed E-state index contributed by atoms with van der Waals surface area (Å²) in [5.74, 6) is 0.346. The number of esters is 1. The summed E-state index contributed by atoms with van der Waals surface area (Å²) < 4.78 is 10.3. The Kier molecular flexibility index (Phi) is 2.91. The molecule has 0 amide bonds. The Bertz CT molecular complexity index is 682. The SMILES string of the molecule is COC(=O)[C@@]1(N)C[C@H]1c1c(OC)ccc2ccccc12. The van der Waals surface area contributed by atoms with Gasteiger partial charge in [0.1, 0.15) is 11.3 Å². The third-order valence-corrected chi connectivity index (χ3v) is 4.07. The first-order valence-corrected chi connectivity index (χ1v) is 6.54. The molecular weight excluding hydrogens is 254 g/mol. The molecule has 20 heavy (non-hydrogen) atoms. The van der Waals surface area contributed by atoms with Gasteiger partial charge in [0.2, 0.25) is 0 Å². The zero-order valence-electron chi connectivity index (χ0n) is 11.6. The Morgan fingerprint density at radius 3 is 2.70 bits per heavy atom. The van der Waals surface area contributed by atoms with Crippen LogP contribution < -0.4 is 10.5 Å². The van der Waals surface area contributed by atoms with E-state index in [1.54, 1.807) is 7.11 Å². The molecule has 104 valence electrons. The summed E-state index contributed by atoms with van der Waals surface area (Å²) in [6, 6.07) is 12.0. The molecule has 1 fully saturated rings. The molecule has 0 bridgehead atoms. The smallest absolute Gasteiger partial charge is 0.326 e. The summed E-state index contributed by atoms with van der Waals surface area (Å²) >= 11 is 0. The summed E-state index contributed by atoms with van der Waals surface area (Å²) in [5.41, 5.74) is 6.24. The fourth-order valence-electron chi connectivity index (χ4n) is 2.87. The van der Waals surface area contributed by atoms with Crippen LogP contribution in [0.15, 0.2) is 36.4 Å². The van der Waals surface area contributed by atoms with Crippen LogP contribution in [0.4, 0.5) is 0 Å². The van der Waals surface area contributed by atoms with Crippen LogP contribution in [-0.4, -0.2) is 25.7 Å². The highest BCUT2D eigenvalue weighted by Gasteiger charge is 2.60. The molecule has 0 unspecified atom stereocenters. The lowest BCUT2D eigenvalue weighted by Crippen LogP contribution is -2.36. The van der Waals surface area contributed by atoms with Gasteiger partial charge in [-0.3, -0.25) is 4.79 Å². The summed E-state index contributed by atoms with van der Waals surface area (Å²) in [4.78, 5) is 11.8. The van der Waals surface area contributed by atoms with Gasteiger partial charge in [-0.1, -0.05) is 30.3 Å². The van der Waals surface area contributed by atoms with E-state index in [2.05, 4.69) is 0 Å². The molecule has 2 aromatic rings. The van der Waals surface area contributed by atoms with Gasteiger partial charge < -0.3 is 15.2 Å². The number of carbonyl (C=O) groups is 1. The number of rotatable bonds is 3. The number of carbonyl (C=O) groups excluding carboxylic acids is 1. The summed E-state index contributed by atoms with van der Waals surface area (Å²) in [6.07, 6.45) is 0.587. The molecule has 2 N–H and O–H groups in total. The molecule has 2 aromatic carbocycles. The van der Waals surface area contributed by atoms with E-state index in [0.717, 1.165) is 22.1 Å². The number of hydrogen-bond acceptors (Lipinski definition) is 4. The standard InChI is InChI=1S/C16H17NO3/c1-19-13-8-7-10-5-3-4-6-11(10)14(13)12-9-16(12,17)15(18)20-2/h3-8,12H,9,17H2,1-2H3/t12-,16+/m0/s1. The second-order valence-corrected chi connectivity index (χ2v) is 5.19. The minimum absolute atomic E-state index is 0.0593. The topological polar surface area (TPSA) is 61.5 Å². The van der Waals surface area contributed by atoms with Crippen molar-refractivity contribution in [3.05, 3.63) is 42.0 Å². The van der Waals surface area contributed by atoms with E-state index >= 15 is 0 Å². The van der Waals surface area contributed by atoms with Crippen molar-refractivity contribution >= 4 is 16.7 Å². The quantitative estimate of drug-likeness (QED) is 0.869. The lowest BCUT2D eigenvalue weighted by Gasteiger charge is -2.14. The zero-order valence-corrected chi connectivity index (χ0v) is 11.6. The van der Waals surface area contributed by atoms with Crippen molar-refractivity contribution in [3.8, 4) is 5.75 Å². The van der Waals surface area contributed by atoms with Crippen molar-refractivity contribution in [1.82, 2.24) is 0 Å². The van der Waals surface area contributed by atoms with Crippen molar-refractivity contribution in [2.24, 2.45) is 5.73 Å². The van der Waals surface area contributed by atoms with Gasteiger partial charge >= 0.3 is 5.97 Å². The third-order valence-electron chi connectivity index (χ3n) is 4.07. The molecule has 4 nitrogen and oxygen atoms in total. The first-order chi connectivity index (χ1) is 9.61. The van der Waals surface area contributed by atoms with Crippen LogP contribution in [0.5, 0.6) is 5.75 Å². The molecule has 0 spiro atoms. The second kappa shape index (κ2) is 4.49. The molecule has 3 rings (SSSR count). The van der Waals surface area contributed by atoms with E-state index in [4.69, 9.17) is 15.2 Å². The van der Waals surface area contributed by atoms with Gasteiger partial charge in [-0.05, 0) is 23.3 Å². The van der Waals surface area contributed by atoms with E-state index < -0.39 is 5.54 Å². The number of benzene rings is 2. The minimum atomic E-state index is -0.924. The summed E-state index contributed by atoms with van der Waals surface area (Å²) in [6.45, 7) is 0. The molecular formula is C16H17NO3. The minimum Gasteiger partial charge on any atom is -0.496 e. The van der Waals surface area contributed by atoms with Crippen LogP contribution in [-0.2, 0) is 9.53 Å². The molecule has 0 aromatic heterocycles. The van der Waals surface area contributed by atoms with E-state index in [-0.39, 0.29) is 11.9 Å².